The van der Waals surface area contributed by atoms with Crippen molar-refractivity contribution >= 4 is 33.8 Å². The molecule has 2 amide bonds. The van der Waals surface area contributed by atoms with E-state index < -0.39 is 29.7 Å². The van der Waals surface area contributed by atoms with Crippen molar-refractivity contribution in [3.63, 3.8) is 0 Å². The Morgan fingerprint density at radius 3 is 2.35 bits per heavy atom. The average Bonchev–Trinajstić information content (AvgIpc) is 3.51. The number of aromatic amines is 1. The summed E-state index contributed by atoms with van der Waals surface area (Å²) in [5.74, 6) is -0.890. The topological polar surface area (TPSA) is 183 Å². The average molecular weight is 698 g/mol. The van der Waals surface area contributed by atoms with E-state index in [1.54, 1.807) is 11.6 Å². The smallest absolute Gasteiger partial charge is 0.353 e. The molecule has 6 N–H and O–H groups in total. The third kappa shape index (κ3) is 8.51. The molecule has 0 bridgehead atoms. The number of hydrogen-bond donors (Lipinski definition) is 6. The van der Waals surface area contributed by atoms with E-state index in [1.807, 2.05) is 56.4 Å². The van der Waals surface area contributed by atoms with Crippen molar-refractivity contribution in [2.45, 2.75) is 32.9 Å². The van der Waals surface area contributed by atoms with Gasteiger partial charge in [-0.3, -0.25) is 19.3 Å². The quantitative estimate of drug-likeness (QED) is 0.111. The summed E-state index contributed by atoms with van der Waals surface area (Å²) in [5.41, 5.74) is 3.51. The molecule has 0 spiro atoms. The van der Waals surface area contributed by atoms with Crippen LogP contribution in [0.2, 0.25) is 0 Å². The zero-order chi connectivity index (χ0) is 35.9. The number of nitrogens with one attached hydrogen (secondary N) is 6. The fourth-order valence-electron chi connectivity index (χ4n) is 6.48. The minimum atomic E-state index is -0.968. The minimum absolute atomic E-state index is 0.0162. The van der Waals surface area contributed by atoms with Gasteiger partial charge in [-0.2, -0.15) is 4.98 Å². The van der Waals surface area contributed by atoms with Crippen LogP contribution in [0.5, 0.6) is 0 Å². The maximum absolute atomic E-state index is 13.7. The van der Waals surface area contributed by atoms with Crippen LogP contribution in [0.15, 0.2) is 52.2 Å². The number of carbonyl (C=O) groups is 2. The fourth-order valence-corrected chi connectivity index (χ4v) is 6.48. The van der Waals surface area contributed by atoms with Gasteiger partial charge < -0.3 is 36.1 Å². The van der Waals surface area contributed by atoms with Crippen LogP contribution in [-0.4, -0.2) is 112 Å². The Bertz CT molecular complexity index is 2090. The molecule has 0 radical (unpaired) electrons. The highest BCUT2D eigenvalue weighted by molar-refractivity contribution is 5.89. The Hall–Kier alpha value is -4.96. The molecule has 0 aliphatic carbocycles. The van der Waals surface area contributed by atoms with E-state index in [0.29, 0.717) is 18.6 Å². The molecule has 51 heavy (non-hydrogen) atoms. The van der Waals surface area contributed by atoms with Gasteiger partial charge in [0, 0.05) is 96.0 Å². The first-order chi connectivity index (χ1) is 24.7. The van der Waals surface area contributed by atoms with Crippen molar-refractivity contribution in [1.29, 1.82) is 0 Å². The number of nitrogens with zero attached hydrogens (tertiary/aromatic N) is 5. The molecule has 1 aromatic heterocycles. The Balaban J connectivity index is 1.19. The van der Waals surface area contributed by atoms with E-state index in [2.05, 4.69) is 46.4 Å². The van der Waals surface area contributed by atoms with Crippen LogP contribution >= 0.6 is 0 Å². The molecule has 1 saturated heterocycles. The summed E-state index contributed by atoms with van der Waals surface area (Å²) in [6, 6.07) is 10.6. The van der Waals surface area contributed by atoms with E-state index in [4.69, 9.17) is 0 Å². The number of carbonyl (C=O) groups excluding carboxylic acids is 2. The number of aromatic nitrogens is 5. The Labute approximate surface area is 295 Å². The number of H-pyrrole nitrogens is 1. The Kier molecular flexibility index (Phi) is 11.5. The van der Waals surface area contributed by atoms with Crippen LogP contribution in [0, 0.1) is 13.8 Å². The molecule has 3 aliphatic rings. The van der Waals surface area contributed by atoms with Gasteiger partial charge in [-0.1, -0.05) is 18.2 Å². The molecule has 3 aromatic rings. The molecule has 270 valence electrons. The number of aryl methyl sites for hydroxylation is 3. The van der Waals surface area contributed by atoms with E-state index in [1.165, 1.54) is 0 Å². The molecule has 4 heterocycles. The molecule has 15 nitrogen and oxygen atoms in total. The second-order valence-electron chi connectivity index (χ2n) is 13.1. The highest BCUT2D eigenvalue weighted by atomic mass is 16.2. The van der Waals surface area contributed by atoms with Gasteiger partial charge in [-0.15, -0.1) is 0 Å². The highest BCUT2D eigenvalue weighted by Crippen LogP contribution is 2.23. The lowest BCUT2D eigenvalue weighted by Gasteiger charge is -2.24. The van der Waals surface area contributed by atoms with Crippen molar-refractivity contribution < 1.29 is 9.59 Å². The first-order valence-corrected chi connectivity index (χ1v) is 17.5. The monoisotopic (exact) mass is 697 g/mol. The first-order valence-electron chi connectivity index (χ1n) is 17.5. The fraction of sp³-hybridized carbons (Fsp3) is 0.444. The highest BCUT2D eigenvalue weighted by Gasteiger charge is 2.26. The van der Waals surface area contributed by atoms with Crippen molar-refractivity contribution in [3.8, 4) is 11.5 Å². The Morgan fingerprint density at radius 2 is 1.61 bits per heavy atom. The van der Waals surface area contributed by atoms with E-state index in [9.17, 15) is 19.2 Å². The standard InChI is InChI=1S/C36H47N11O4/c1-23-18-28-30(19-24(23)2)45(3)33-32(43-28)35(50)47(36(51)44-33)22-31(48)42-29(20-25-21-41-27-7-5-4-6-26(25)27)34(49)40-14-17-46-15-12-38-10-8-37-9-11-39-13-16-46/h4-7,18-19,21,29,37-39,41H,8-17,20,22H2,1-3H3,(H,40,49)(H,42,48)/t29-/m0/s1. The van der Waals surface area contributed by atoms with Gasteiger partial charge in [0.25, 0.3) is 5.56 Å². The molecule has 0 saturated carbocycles. The SMILES string of the molecule is Cc1cc2nc3c(=O)n(CC(=O)N[C@@H](Cc4c[nH]c5ccccc45)C(=O)NCCN4CCNCCNCCNCC4)c(=O)nc-3n(C)c2cc1C. The maximum Gasteiger partial charge on any atom is 0.353 e. The summed E-state index contributed by atoms with van der Waals surface area (Å²) >= 11 is 0. The number of fused-ring (bicyclic) bond motifs is 3. The van der Waals surface area contributed by atoms with Gasteiger partial charge in [-0.25, -0.2) is 14.3 Å². The molecule has 1 atom stereocenters. The number of rotatable bonds is 9. The maximum atomic E-state index is 13.7. The largest absolute Gasteiger partial charge is 0.361 e. The summed E-state index contributed by atoms with van der Waals surface area (Å²) in [5, 5.41) is 17.0. The van der Waals surface area contributed by atoms with Crippen LogP contribution in [0.1, 0.15) is 16.7 Å². The summed E-state index contributed by atoms with van der Waals surface area (Å²) < 4.78 is 2.44. The van der Waals surface area contributed by atoms with Gasteiger partial charge >= 0.3 is 5.69 Å². The predicted molar refractivity (Wildman–Crippen MR) is 197 cm³/mol. The van der Waals surface area contributed by atoms with Gasteiger partial charge in [0.05, 0.1) is 11.0 Å². The van der Waals surface area contributed by atoms with E-state index >= 15 is 0 Å². The van der Waals surface area contributed by atoms with Crippen LogP contribution in [0.25, 0.3) is 33.5 Å². The van der Waals surface area contributed by atoms with Crippen LogP contribution < -0.4 is 37.8 Å². The zero-order valence-corrected chi connectivity index (χ0v) is 29.5. The summed E-state index contributed by atoms with van der Waals surface area (Å²) in [4.78, 5) is 68.3. The molecule has 2 aromatic carbocycles. The van der Waals surface area contributed by atoms with Crippen molar-refractivity contribution in [1.82, 2.24) is 55.6 Å². The lowest BCUT2D eigenvalue weighted by Crippen LogP contribution is -2.52. The molecular formula is C36H47N11O4. The molecule has 0 unspecified atom stereocenters. The zero-order valence-electron chi connectivity index (χ0n) is 29.5. The summed E-state index contributed by atoms with van der Waals surface area (Å²) in [7, 11) is 1.72. The first kappa shape index (κ1) is 35.9. The van der Waals surface area contributed by atoms with Gasteiger partial charge in [0.2, 0.25) is 11.8 Å². The van der Waals surface area contributed by atoms with E-state index in [-0.39, 0.29) is 23.8 Å². The van der Waals surface area contributed by atoms with Gasteiger partial charge in [0.15, 0.2) is 11.5 Å². The minimum Gasteiger partial charge on any atom is -0.361 e. The third-order valence-corrected chi connectivity index (χ3v) is 9.54. The lowest BCUT2D eigenvalue weighted by molar-refractivity contribution is -0.129. The van der Waals surface area contributed by atoms with Crippen LogP contribution in [0.3, 0.4) is 0 Å². The van der Waals surface area contributed by atoms with Crippen molar-refractivity contribution in [3.05, 3.63) is 80.1 Å². The number of amides is 2. The van der Waals surface area contributed by atoms with Crippen molar-refractivity contribution in [2.24, 2.45) is 7.05 Å². The van der Waals surface area contributed by atoms with Gasteiger partial charge in [-0.05, 0) is 48.7 Å². The summed E-state index contributed by atoms with van der Waals surface area (Å²) in [6.45, 7) is 11.3. The molecule has 1 fully saturated rings. The Morgan fingerprint density at radius 1 is 0.922 bits per heavy atom. The lowest BCUT2D eigenvalue weighted by atomic mass is 10.0. The number of para-hydroxylation sites is 1. The molecule has 15 heteroatoms. The van der Waals surface area contributed by atoms with Crippen molar-refractivity contribution in [2.75, 3.05) is 65.4 Å². The van der Waals surface area contributed by atoms with E-state index in [0.717, 1.165) is 90.0 Å². The molecule has 3 aliphatic heterocycles. The molecular weight excluding hydrogens is 650 g/mol. The number of benzene rings is 2. The second kappa shape index (κ2) is 16.4. The molecule has 6 rings (SSSR count). The normalized spacial score (nSPS) is 15.7. The van der Waals surface area contributed by atoms with Gasteiger partial charge in [0.1, 0.15) is 12.6 Å². The second-order valence-corrected chi connectivity index (χ2v) is 13.1. The van der Waals surface area contributed by atoms with Crippen LogP contribution in [-0.2, 0) is 29.6 Å². The number of hydrogen-bond acceptors (Lipinski definition) is 10. The predicted octanol–water partition coefficient (Wildman–Crippen LogP) is -0.379. The third-order valence-electron chi connectivity index (χ3n) is 9.54. The van der Waals surface area contributed by atoms with Crippen LogP contribution in [0.4, 0.5) is 0 Å². The summed E-state index contributed by atoms with van der Waals surface area (Å²) in [6.07, 6.45) is 2.03.